The van der Waals surface area contributed by atoms with Crippen molar-refractivity contribution >= 4 is 5.91 Å². The van der Waals surface area contributed by atoms with Gasteiger partial charge in [0.1, 0.15) is 6.10 Å². The molecular formula is C18H24N6O2. The van der Waals surface area contributed by atoms with E-state index in [2.05, 4.69) is 27.2 Å². The number of carbonyl (C=O) groups is 1. The SMILES string of the molecule is CN1CCc2[nH]nc(C(=O)N3CCn4nc([C@H](O)C5CC5)cc4C3)c2C1. The summed E-state index contributed by atoms with van der Waals surface area (Å²) in [6.07, 6.45) is 2.59. The van der Waals surface area contributed by atoms with Crippen molar-refractivity contribution in [3.8, 4) is 0 Å². The summed E-state index contributed by atoms with van der Waals surface area (Å²) in [5.41, 5.74) is 4.41. The van der Waals surface area contributed by atoms with Crippen LogP contribution in [0.4, 0.5) is 0 Å². The van der Waals surface area contributed by atoms with E-state index in [0.29, 0.717) is 31.2 Å². The molecule has 1 atom stereocenters. The van der Waals surface area contributed by atoms with Crippen molar-refractivity contribution < 1.29 is 9.90 Å². The van der Waals surface area contributed by atoms with Gasteiger partial charge in [-0.25, -0.2) is 0 Å². The molecule has 8 heteroatoms. The lowest BCUT2D eigenvalue weighted by Crippen LogP contribution is -2.39. The van der Waals surface area contributed by atoms with E-state index in [4.69, 9.17) is 0 Å². The van der Waals surface area contributed by atoms with Crippen LogP contribution in [0, 0.1) is 5.92 Å². The molecule has 26 heavy (non-hydrogen) atoms. The zero-order valence-electron chi connectivity index (χ0n) is 15.0. The second-order valence-electron chi connectivity index (χ2n) is 7.81. The van der Waals surface area contributed by atoms with Gasteiger partial charge < -0.3 is 14.9 Å². The number of rotatable bonds is 3. The molecule has 8 nitrogen and oxygen atoms in total. The van der Waals surface area contributed by atoms with E-state index < -0.39 is 6.10 Å². The fourth-order valence-electron chi connectivity index (χ4n) is 4.02. The molecule has 2 N–H and O–H groups in total. The van der Waals surface area contributed by atoms with Crippen molar-refractivity contribution in [1.29, 1.82) is 0 Å². The minimum Gasteiger partial charge on any atom is -0.386 e. The zero-order valence-corrected chi connectivity index (χ0v) is 15.0. The van der Waals surface area contributed by atoms with E-state index in [1.54, 1.807) is 0 Å². The standard InChI is InChI=1S/C18H24N6O2/c1-22-5-4-14-13(10-22)16(20-19-14)18(26)23-6-7-24-12(9-23)8-15(21-24)17(25)11-2-3-11/h8,11,17,25H,2-7,9-10H2,1H3,(H,19,20)/t17-/m1/s1. The highest BCUT2D eigenvalue weighted by Gasteiger charge is 2.34. The van der Waals surface area contributed by atoms with Gasteiger partial charge in [0.05, 0.1) is 24.5 Å². The van der Waals surface area contributed by atoms with E-state index >= 15 is 0 Å². The number of aliphatic hydroxyl groups is 1. The van der Waals surface area contributed by atoms with Crippen molar-refractivity contribution in [1.82, 2.24) is 29.8 Å². The number of hydrogen-bond acceptors (Lipinski definition) is 5. The zero-order chi connectivity index (χ0) is 17.8. The quantitative estimate of drug-likeness (QED) is 0.845. The Balaban J connectivity index is 1.36. The summed E-state index contributed by atoms with van der Waals surface area (Å²) in [7, 11) is 2.07. The maximum atomic E-state index is 13.1. The summed E-state index contributed by atoms with van der Waals surface area (Å²) in [6.45, 7) is 3.53. The van der Waals surface area contributed by atoms with Crippen LogP contribution in [-0.2, 0) is 26.1 Å². The van der Waals surface area contributed by atoms with Gasteiger partial charge >= 0.3 is 0 Å². The van der Waals surface area contributed by atoms with E-state index in [-0.39, 0.29) is 5.91 Å². The van der Waals surface area contributed by atoms with Crippen LogP contribution in [0.15, 0.2) is 6.07 Å². The maximum absolute atomic E-state index is 13.1. The van der Waals surface area contributed by atoms with Crippen LogP contribution in [0.2, 0.25) is 0 Å². The number of aliphatic hydroxyl groups excluding tert-OH is 1. The molecule has 0 spiro atoms. The van der Waals surface area contributed by atoms with Gasteiger partial charge in [0.25, 0.3) is 5.91 Å². The minimum absolute atomic E-state index is 0.0189. The molecule has 1 aliphatic carbocycles. The predicted octanol–water partition coefficient (Wildman–Crippen LogP) is 0.693. The van der Waals surface area contributed by atoms with Crippen LogP contribution < -0.4 is 0 Å². The molecule has 1 saturated carbocycles. The third kappa shape index (κ3) is 2.64. The smallest absolute Gasteiger partial charge is 0.275 e. The number of H-pyrrole nitrogens is 1. The Kier molecular flexibility index (Phi) is 3.65. The van der Waals surface area contributed by atoms with E-state index in [9.17, 15) is 9.90 Å². The number of carbonyl (C=O) groups excluding carboxylic acids is 1. The Labute approximate surface area is 151 Å². The van der Waals surface area contributed by atoms with Crippen molar-refractivity contribution in [3.63, 3.8) is 0 Å². The normalized spacial score (nSPS) is 21.4. The topological polar surface area (TPSA) is 90.3 Å². The fourth-order valence-corrected chi connectivity index (χ4v) is 4.02. The van der Waals surface area contributed by atoms with Crippen LogP contribution in [0.25, 0.3) is 0 Å². The number of hydrogen-bond donors (Lipinski definition) is 2. The molecule has 0 radical (unpaired) electrons. The van der Waals surface area contributed by atoms with Crippen LogP contribution in [-0.4, -0.2) is 60.9 Å². The molecule has 2 aliphatic heterocycles. The lowest BCUT2D eigenvalue weighted by Gasteiger charge is -2.28. The molecule has 3 aliphatic rings. The van der Waals surface area contributed by atoms with Crippen molar-refractivity contribution in [2.75, 3.05) is 20.1 Å². The van der Waals surface area contributed by atoms with Crippen LogP contribution in [0.3, 0.4) is 0 Å². The molecule has 5 rings (SSSR count). The van der Waals surface area contributed by atoms with Crippen molar-refractivity contribution in [2.45, 2.75) is 45.0 Å². The van der Waals surface area contributed by atoms with Crippen LogP contribution in [0.1, 0.15) is 52.1 Å². The third-order valence-electron chi connectivity index (χ3n) is 5.80. The highest BCUT2D eigenvalue weighted by molar-refractivity contribution is 5.94. The lowest BCUT2D eigenvalue weighted by molar-refractivity contribution is 0.0697. The van der Waals surface area contributed by atoms with Crippen molar-refractivity contribution in [3.05, 3.63) is 34.4 Å². The molecule has 0 unspecified atom stereocenters. The Morgan fingerprint density at radius 3 is 2.96 bits per heavy atom. The number of nitrogens with zero attached hydrogens (tertiary/aromatic N) is 5. The molecule has 0 bridgehead atoms. The van der Waals surface area contributed by atoms with Gasteiger partial charge in [-0.05, 0) is 31.9 Å². The molecule has 0 aromatic carbocycles. The van der Waals surface area contributed by atoms with Gasteiger partial charge in [-0.2, -0.15) is 10.2 Å². The first-order chi connectivity index (χ1) is 12.6. The van der Waals surface area contributed by atoms with Gasteiger partial charge in [0.15, 0.2) is 5.69 Å². The number of likely N-dealkylation sites (N-methyl/N-ethyl adjacent to an activating group) is 1. The number of amides is 1. The fraction of sp³-hybridized carbons (Fsp3) is 0.611. The average Bonchev–Trinajstić information content (AvgIpc) is 3.27. The summed E-state index contributed by atoms with van der Waals surface area (Å²) in [6, 6.07) is 1.95. The summed E-state index contributed by atoms with van der Waals surface area (Å²) in [5, 5.41) is 22.2. The Hall–Kier alpha value is -2.19. The molecule has 1 fully saturated rings. The van der Waals surface area contributed by atoms with Crippen molar-refractivity contribution in [2.24, 2.45) is 5.92 Å². The average molecular weight is 356 g/mol. The first-order valence-corrected chi connectivity index (χ1v) is 9.39. The van der Waals surface area contributed by atoms with Gasteiger partial charge in [-0.15, -0.1) is 0 Å². The summed E-state index contributed by atoms with van der Waals surface area (Å²) >= 11 is 0. The molecule has 4 heterocycles. The highest BCUT2D eigenvalue weighted by atomic mass is 16.3. The Morgan fingerprint density at radius 1 is 1.31 bits per heavy atom. The molecule has 138 valence electrons. The molecule has 2 aromatic rings. The van der Waals surface area contributed by atoms with Gasteiger partial charge in [-0.3, -0.25) is 14.6 Å². The number of aromatic nitrogens is 4. The summed E-state index contributed by atoms with van der Waals surface area (Å²) in [5.74, 6) is 0.340. The largest absolute Gasteiger partial charge is 0.386 e. The lowest BCUT2D eigenvalue weighted by atomic mass is 10.0. The highest BCUT2D eigenvalue weighted by Crippen LogP contribution is 2.40. The Bertz CT molecular complexity index is 852. The van der Waals surface area contributed by atoms with Crippen LogP contribution >= 0.6 is 0 Å². The molecule has 2 aromatic heterocycles. The van der Waals surface area contributed by atoms with Gasteiger partial charge in [0, 0.05) is 37.3 Å². The van der Waals surface area contributed by atoms with E-state index in [1.807, 2.05) is 15.6 Å². The van der Waals surface area contributed by atoms with Crippen LogP contribution in [0.5, 0.6) is 0 Å². The minimum atomic E-state index is -0.467. The second-order valence-corrected chi connectivity index (χ2v) is 7.81. The van der Waals surface area contributed by atoms with E-state index in [1.165, 1.54) is 0 Å². The first kappa shape index (κ1) is 16.0. The van der Waals surface area contributed by atoms with E-state index in [0.717, 1.165) is 55.0 Å². The second kappa shape index (κ2) is 5.92. The number of nitrogens with one attached hydrogen (secondary N) is 1. The molecule has 0 saturated heterocycles. The first-order valence-electron chi connectivity index (χ1n) is 9.39. The van der Waals surface area contributed by atoms with Gasteiger partial charge in [-0.1, -0.05) is 0 Å². The monoisotopic (exact) mass is 356 g/mol. The molecule has 1 amide bonds. The predicted molar refractivity (Wildman–Crippen MR) is 93.3 cm³/mol. The molecular weight excluding hydrogens is 332 g/mol. The Morgan fingerprint density at radius 2 is 2.15 bits per heavy atom. The number of fused-ring (bicyclic) bond motifs is 2. The third-order valence-corrected chi connectivity index (χ3v) is 5.80. The summed E-state index contributed by atoms with van der Waals surface area (Å²) < 4.78 is 1.93. The number of aromatic amines is 1. The summed E-state index contributed by atoms with van der Waals surface area (Å²) in [4.78, 5) is 17.1. The van der Waals surface area contributed by atoms with Gasteiger partial charge in [0.2, 0.25) is 0 Å². The maximum Gasteiger partial charge on any atom is 0.275 e.